The molecule has 5 heteroatoms. The first-order valence-corrected chi connectivity index (χ1v) is 9.56. The van der Waals surface area contributed by atoms with E-state index in [1.807, 2.05) is 24.3 Å². The molecule has 1 fully saturated rings. The number of carbonyl (C=O) groups is 1. The van der Waals surface area contributed by atoms with Gasteiger partial charge in [0.25, 0.3) is 0 Å². The molecule has 0 atom stereocenters. The summed E-state index contributed by atoms with van der Waals surface area (Å²) < 4.78 is 11.2. The lowest BCUT2D eigenvalue weighted by atomic mass is 10.1. The molecule has 5 nitrogen and oxygen atoms in total. The average molecular weight is 348 g/mol. The molecule has 1 amide bonds. The molecular formula is C20H32N2O3. The second kappa shape index (κ2) is 11.0. The number of nitrogens with zero attached hydrogens (tertiary/aromatic N) is 2. The molecule has 140 valence electrons. The SMILES string of the molecule is CCCCCOc1cccc(N(C)C(=O)OCCN2CCCCC2)c1. The molecule has 0 unspecified atom stereocenters. The van der Waals surface area contributed by atoms with E-state index in [1.54, 1.807) is 7.05 Å². The molecule has 0 aliphatic carbocycles. The van der Waals surface area contributed by atoms with Crippen LogP contribution in [0.3, 0.4) is 0 Å². The summed E-state index contributed by atoms with van der Waals surface area (Å²) in [6.07, 6.45) is 6.89. The number of hydrogen-bond donors (Lipinski definition) is 0. The first-order valence-electron chi connectivity index (χ1n) is 9.56. The van der Waals surface area contributed by atoms with Crippen molar-refractivity contribution < 1.29 is 14.3 Å². The van der Waals surface area contributed by atoms with Gasteiger partial charge < -0.3 is 9.47 Å². The molecule has 0 aromatic heterocycles. The van der Waals surface area contributed by atoms with Crippen LogP contribution in [0.15, 0.2) is 24.3 Å². The Hall–Kier alpha value is -1.75. The van der Waals surface area contributed by atoms with E-state index in [1.165, 1.54) is 37.0 Å². The average Bonchev–Trinajstić information content (AvgIpc) is 2.65. The van der Waals surface area contributed by atoms with Gasteiger partial charge in [-0.1, -0.05) is 32.3 Å². The van der Waals surface area contributed by atoms with Crippen molar-refractivity contribution in [1.82, 2.24) is 4.90 Å². The van der Waals surface area contributed by atoms with E-state index in [0.717, 1.165) is 37.5 Å². The number of piperidine rings is 1. The number of hydrogen-bond acceptors (Lipinski definition) is 4. The molecule has 0 saturated carbocycles. The van der Waals surface area contributed by atoms with Crippen LogP contribution in [0.2, 0.25) is 0 Å². The van der Waals surface area contributed by atoms with Crippen molar-refractivity contribution in [3.63, 3.8) is 0 Å². The molecule has 1 saturated heterocycles. The normalized spacial score (nSPS) is 15.0. The highest BCUT2D eigenvalue weighted by Crippen LogP contribution is 2.21. The lowest BCUT2D eigenvalue weighted by Gasteiger charge is -2.26. The number of benzene rings is 1. The van der Waals surface area contributed by atoms with Crippen molar-refractivity contribution in [2.24, 2.45) is 0 Å². The summed E-state index contributed by atoms with van der Waals surface area (Å²) >= 11 is 0. The predicted octanol–water partition coefficient (Wildman–Crippen LogP) is 4.31. The lowest BCUT2D eigenvalue weighted by molar-refractivity contribution is 0.127. The molecule has 1 aliphatic heterocycles. The maximum Gasteiger partial charge on any atom is 0.414 e. The smallest absolute Gasteiger partial charge is 0.414 e. The Kier molecular flexibility index (Phi) is 8.60. The third-order valence-corrected chi connectivity index (χ3v) is 4.58. The summed E-state index contributed by atoms with van der Waals surface area (Å²) in [5, 5.41) is 0. The number of anilines is 1. The van der Waals surface area contributed by atoms with Crippen LogP contribution in [0.5, 0.6) is 5.75 Å². The number of ether oxygens (including phenoxy) is 2. The molecule has 1 aromatic rings. The molecule has 0 bridgehead atoms. The van der Waals surface area contributed by atoms with Crippen molar-refractivity contribution in [3.05, 3.63) is 24.3 Å². The number of rotatable bonds is 9. The highest BCUT2D eigenvalue weighted by atomic mass is 16.6. The lowest BCUT2D eigenvalue weighted by Crippen LogP contribution is -2.35. The van der Waals surface area contributed by atoms with Gasteiger partial charge in [-0.2, -0.15) is 0 Å². The fourth-order valence-corrected chi connectivity index (χ4v) is 2.97. The van der Waals surface area contributed by atoms with Gasteiger partial charge in [-0.25, -0.2) is 4.79 Å². The fourth-order valence-electron chi connectivity index (χ4n) is 2.97. The van der Waals surface area contributed by atoms with Crippen LogP contribution in [0, 0.1) is 0 Å². The Morgan fingerprint density at radius 2 is 1.96 bits per heavy atom. The van der Waals surface area contributed by atoms with E-state index in [0.29, 0.717) is 13.2 Å². The number of unbranched alkanes of at least 4 members (excludes halogenated alkanes) is 2. The fraction of sp³-hybridized carbons (Fsp3) is 0.650. The Bertz CT molecular complexity index is 515. The zero-order valence-electron chi connectivity index (χ0n) is 15.7. The number of likely N-dealkylation sites (tertiary alicyclic amines) is 1. The van der Waals surface area contributed by atoms with Crippen molar-refractivity contribution in [2.75, 3.05) is 44.8 Å². The van der Waals surface area contributed by atoms with Gasteiger partial charge >= 0.3 is 6.09 Å². The van der Waals surface area contributed by atoms with E-state index < -0.39 is 0 Å². The highest BCUT2D eigenvalue weighted by Gasteiger charge is 2.15. The largest absolute Gasteiger partial charge is 0.494 e. The zero-order chi connectivity index (χ0) is 17.9. The van der Waals surface area contributed by atoms with Gasteiger partial charge in [0.15, 0.2) is 0 Å². The molecule has 2 rings (SSSR count). The molecule has 0 radical (unpaired) electrons. The molecule has 25 heavy (non-hydrogen) atoms. The maximum absolute atomic E-state index is 12.2. The van der Waals surface area contributed by atoms with E-state index in [9.17, 15) is 4.79 Å². The molecule has 1 heterocycles. The molecule has 0 N–H and O–H groups in total. The van der Waals surface area contributed by atoms with Gasteiger partial charge in [0.1, 0.15) is 12.4 Å². The van der Waals surface area contributed by atoms with Crippen molar-refractivity contribution >= 4 is 11.8 Å². The van der Waals surface area contributed by atoms with Crippen LogP contribution < -0.4 is 9.64 Å². The van der Waals surface area contributed by atoms with E-state index in [4.69, 9.17) is 9.47 Å². The summed E-state index contributed by atoms with van der Waals surface area (Å²) in [6.45, 7) is 6.37. The highest BCUT2D eigenvalue weighted by molar-refractivity contribution is 5.87. The Morgan fingerprint density at radius 1 is 1.16 bits per heavy atom. The van der Waals surface area contributed by atoms with Crippen molar-refractivity contribution in [2.45, 2.75) is 45.4 Å². The summed E-state index contributed by atoms with van der Waals surface area (Å²) in [5.41, 5.74) is 0.788. The zero-order valence-corrected chi connectivity index (χ0v) is 15.7. The molecule has 1 aliphatic rings. The van der Waals surface area contributed by atoms with Crippen LogP contribution in [-0.2, 0) is 4.74 Å². The van der Waals surface area contributed by atoms with Crippen LogP contribution in [0.1, 0.15) is 45.4 Å². The third kappa shape index (κ3) is 6.94. The van der Waals surface area contributed by atoms with Crippen molar-refractivity contribution in [3.8, 4) is 5.75 Å². The van der Waals surface area contributed by atoms with Gasteiger partial charge in [0, 0.05) is 19.7 Å². The summed E-state index contributed by atoms with van der Waals surface area (Å²) in [5.74, 6) is 0.793. The van der Waals surface area contributed by atoms with E-state index >= 15 is 0 Å². The van der Waals surface area contributed by atoms with E-state index in [2.05, 4.69) is 11.8 Å². The van der Waals surface area contributed by atoms with Gasteiger partial charge in [-0.15, -0.1) is 0 Å². The second-order valence-electron chi connectivity index (χ2n) is 6.63. The first kappa shape index (κ1) is 19.6. The number of carbonyl (C=O) groups excluding carboxylic acids is 1. The standard InChI is InChI=1S/C20H32N2O3/c1-3-4-8-15-24-19-11-9-10-18(17-19)21(2)20(23)25-16-14-22-12-6-5-7-13-22/h9-11,17H,3-8,12-16H2,1-2H3. The Labute approximate surface area is 151 Å². The molecule has 1 aromatic carbocycles. The summed E-state index contributed by atoms with van der Waals surface area (Å²) in [7, 11) is 1.74. The van der Waals surface area contributed by atoms with E-state index in [-0.39, 0.29) is 6.09 Å². The van der Waals surface area contributed by atoms with Gasteiger partial charge in [0.05, 0.1) is 12.3 Å². The summed E-state index contributed by atoms with van der Waals surface area (Å²) in [6, 6.07) is 7.61. The van der Waals surface area contributed by atoms with Crippen LogP contribution >= 0.6 is 0 Å². The van der Waals surface area contributed by atoms with Gasteiger partial charge in [-0.3, -0.25) is 9.80 Å². The number of amides is 1. The minimum Gasteiger partial charge on any atom is -0.494 e. The van der Waals surface area contributed by atoms with Crippen molar-refractivity contribution in [1.29, 1.82) is 0 Å². The van der Waals surface area contributed by atoms with Crippen LogP contribution in [-0.4, -0.2) is 50.9 Å². The molecule has 0 spiro atoms. The second-order valence-corrected chi connectivity index (χ2v) is 6.63. The Morgan fingerprint density at radius 3 is 2.72 bits per heavy atom. The minimum absolute atomic E-state index is 0.319. The Balaban J connectivity index is 1.75. The van der Waals surface area contributed by atoms with Gasteiger partial charge in [-0.05, 0) is 44.5 Å². The quantitative estimate of drug-likeness (QED) is 0.624. The molecular weight excluding hydrogens is 316 g/mol. The predicted molar refractivity (Wildman–Crippen MR) is 102 cm³/mol. The van der Waals surface area contributed by atoms with Crippen LogP contribution in [0.4, 0.5) is 10.5 Å². The van der Waals surface area contributed by atoms with Crippen LogP contribution in [0.25, 0.3) is 0 Å². The third-order valence-electron chi connectivity index (χ3n) is 4.58. The van der Waals surface area contributed by atoms with Gasteiger partial charge in [0.2, 0.25) is 0 Å². The minimum atomic E-state index is -0.319. The maximum atomic E-state index is 12.2. The summed E-state index contributed by atoms with van der Waals surface area (Å²) in [4.78, 5) is 16.1. The first-order chi connectivity index (χ1) is 12.2. The topological polar surface area (TPSA) is 42.0 Å². The monoisotopic (exact) mass is 348 g/mol.